The summed E-state index contributed by atoms with van der Waals surface area (Å²) in [6, 6.07) is 0. The molecule has 2 N–H and O–H groups in total. The predicted octanol–water partition coefficient (Wildman–Crippen LogP) is -0.364. The first kappa shape index (κ1) is 12.6. The van der Waals surface area contributed by atoms with Gasteiger partial charge >= 0.3 is 0 Å². The highest BCUT2D eigenvalue weighted by molar-refractivity contribution is 5.75. The molecule has 1 heterocycles. The van der Waals surface area contributed by atoms with E-state index >= 15 is 0 Å². The molecule has 0 aliphatic heterocycles. The fraction of sp³-hybridized carbons (Fsp3) is 0.700. The summed E-state index contributed by atoms with van der Waals surface area (Å²) < 4.78 is 1.64. The Labute approximate surface area is 94.7 Å². The van der Waals surface area contributed by atoms with Gasteiger partial charge in [-0.05, 0) is 12.8 Å². The number of aliphatic hydroxyl groups is 1. The summed E-state index contributed by atoms with van der Waals surface area (Å²) in [4.78, 5) is 15.3. The van der Waals surface area contributed by atoms with Gasteiger partial charge in [0.25, 0.3) is 0 Å². The number of aliphatic hydroxyl groups excluding tert-OH is 1. The van der Waals surface area contributed by atoms with E-state index in [1.165, 1.54) is 0 Å². The zero-order valence-corrected chi connectivity index (χ0v) is 9.52. The standard InChI is InChI=1S/C10H18N4O2/c1-14-8-12-9(13-14)5-6-11-10(16)4-2-3-7-15/h8,15H,2-7H2,1H3,(H,11,16). The Kier molecular flexibility index (Phi) is 5.49. The molecule has 1 aromatic heterocycles. The van der Waals surface area contributed by atoms with Crippen LogP contribution in [0, 0.1) is 0 Å². The van der Waals surface area contributed by atoms with Gasteiger partial charge in [0.05, 0.1) is 0 Å². The van der Waals surface area contributed by atoms with Crippen LogP contribution in [0.5, 0.6) is 0 Å². The average Bonchev–Trinajstić information content (AvgIpc) is 2.65. The van der Waals surface area contributed by atoms with Gasteiger partial charge < -0.3 is 10.4 Å². The van der Waals surface area contributed by atoms with Crippen LogP contribution in [0.3, 0.4) is 0 Å². The van der Waals surface area contributed by atoms with E-state index in [4.69, 9.17) is 5.11 Å². The van der Waals surface area contributed by atoms with Crippen LogP contribution in [-0.2, 0) is 18.3 Å². The van der Waals surface area contributed by atoms with Crippen LogP contribution in [0.4, 0.5) is 0 Å². The number of amides is 1. The smallest absolute Gasteiger partial charge is 0.220 e. The van der Waals surface area contributed by atoms with Gasteiger partial charge in [0.15, 0.2) is 5.82 Å². The van der Waals surface area contributed by atoms with Crippen molar-refractivity contribution < 1.29 is 9.90 Å². The molecule has 0 saturated heterocycles. The number of rotatable bonds is 7. The second-order valence-corrected chi connectivity index (χ2v) is 3.62. The number of nitrogens with one attached hydrogen (secondary N) is 1. The maximum Gasteiger partial charge on any atom is 0.220 e. The number of hydrogen-bond acceptors (Lipinski definition) is 4. The first-order valence-electron chi connectivity index (χ1n) is 5.44. The van der Waals surface area contributed by atoms with Crippen molar-refractivity contribution in [3.8, 4) is 0 Å². The van der Waals surface area contributed by atoms with E-state index in [2.05, 4.69) is 15.4 Å². The molecule has 0 aromatic carbocycles. The maximum absolute atomic E-state index is 11.3. The minimum absolute atomic E-state index is 0.0179. The second-order valence-electron chi connectivity index (χ2n) is 3.62. The molecular formula is C10H18N4O2. The topological polar surface area (TPSA) is 80.0 Å². The lowest BCUT2D eigenvalue weighted by molar-refractivity contribution is -0.121. The van der Waals surface area contributed by atoms with Crippen molar-refractivity contribution in [2.75, 3.05) is 13.2 Å². The number of carbonyl (C=O) groups is 1. The molecule has 0 saturated carbocycles. The third-order valence-corrected chi connectivity index (χ3v) is 2.13. The Morgan fingerprint density at radius 1 is 1.56 bits per heavy atom. The van der Waals surface area contributed by atoms with Gasteiger partial charge in [-0.3, -0.25) is 9.48 Å². The first-order chi connectivity index (χ1) is 7.72. The molecule has 0 unspecified atom stereocenters. The zero-order valence-electron chi connectivity index (χ0n) is 9.52. The Balaban J connectivity index is 2.08. The highest BCUT2D eigenvalue weighted by Crippen LogP contribution is 1.94. The van der Waals surface area contributed by atoms with Gasteiger partial charge in [-0.15, -0.1) is 0 Å². The van der Waals surface area contributed by atoms with Crippen molar-refractivity contribution >= 4 is 5.91 Å². The van der Waals surface area contributed by atoms with Gasteiger partial charge in [0, 0.05) is 33.0 Å². The SMILES string of the molecule is Cn1cnc(CCNC(=O)CCCCO)n1. The maximum atomic E-state index is 11.3. The number of aromatic nitrogens is 3. The van der Waals surface area contributed by atoms with E-state index in [-0.39, 0.29) is 12.5 Å². The molecule has 16 heavy (non-hydrogen) atoms. The van der Waals surface area contributed by atoms with Crippen LogP contribution in [0.25, 0.3) is 0 Å². The van der Waals surface area contributed by atoms with Crippen molar-refractivity contribution in [3.63, 3.8) is 0 Å². The molecule has 6 nitrogen and oxygen atoms in total. The Morgan fingerprint density at radius 2 is 2.38 bits per heavy atom. The molecule has 0 atom stereocenters. The van der Waals surface area contributed by atoms with Gasteiger partial charge in [-0.25, -0.2) is 4.98 Å². The summed E-state index contributed by atoms with van der Waals surface area (Å²) >= 11 is 0. The van der Waals surface area contributed by atoms with Gasteiger partial charge in [0.2, 0.25) is 5.91 Å². The molecule has 6 heteroatoms. The molecule has 0 bridgehead atoms. The minimum atomic E-state index is 0.0179. The van der Waals surface area contributed by atoms with Crippen LogP contribution in [0.1, 0.15) is 25.1 Å². The number of unbranched alkanes of at least 4 members (excludes halogenated alkanes) is 1. The van der Waals surface area contributed by atoms with Crippen molar-refractivity contribution in [2.24, 2.45) is 7.05 Å². The largest absolute Gasteiger partial charge is 0.396 e. The molecule has 1 aromatic rings. The number of carbonyl (C=O) groups excluding carboxylic acids is 1. The van der Waals surface area contributed by atoms with Crippen LogP contribution < -0.4 is 5.32 Å². The van der Waals surface area contributed by atoms with E-state index < -0.39 is 0 Å². The molecule has 90 valence electrons. The molecule has 0 radical (unpaired) electrons. The fourth-order valence-corrected chi connectivity index (χ4v) is 1.30. The quantitative estimate of drug-likeness (QED) is 0.622. The molecular weight excluding hydrogens is 208 g/mol. The molecule has 0 aliphatic carbocycles. The molecule has 1 rings (SSSR count). The third-order valence-electron chi connectivity index (χ3n) is 2.13. The molecule has 1 amide bonds. The predicted molar refractivity (Wildman–Crippen MR) is 58.7 cm³/mol. The summed E-state index contributed by atoms with van der Waals surface area (Å²) in [5.41, 5.74) is 0. The Hall–Kier alpha value is -1.43. The van der Waals surface area contributed by atoms with Crippen LogP contribution in [0.15, 0.2) is 6.33 Å². The van der Waals surface area contributed by atoms with Crippen molar-refractivity contribution in [1.29, 1.82) is 0 Å². The second kappa shape index (κ2) is 6.95. The summed E-state index contributed by atoms with van der Waals surface area (Å²) in [6.07, 6.45) is 4.15. The number of hydrogen-bond donors (Lipinski definition) is 2. The lowest BCUT2D eigenvalue weighted by Crippen LogP contribution is -2.25. The number of nitrogens with zero attached hydrogens (tertiary/aromatic N) is 3. The summed E-state index contributed by atoms with van der Waals surface area (Å²) in [5, 5.41) is 15.4. The first-order valence-corrected chi connectivity index (χ1v) is 5.44. The highest BCUT2D eigenvalue weighted by Gasteiger charge is 2.02. The van der Waals surface area contributed by atoms with Crippen LogP contribution in [-0.4, -0.2) is 38.9 Å². The molecule has 0 fully saturated rings. The van der Waals surface area contributed by atoms with Gasteiger partial charge in [0.1, 0.15) is 6.33 Å². The molecule has 0 spiro atoms. The Bertz CT molecular complexity index is 324. The summed E-state index contributed by atoms with van der Waals surface area (Å²) in [7, 11) is 1.81. The highest BCUT2D eigenvalue weighted by atomic mass is 16.2. The lowest BCUT2D eigenvalue weighted by atomic mass is 10.2. The number of aryl methyl sites for hydroxylation is 1. The lowest BCUT2D eigenvalue weighted by Gasteiger charge is -2.02. The van der Waals surface area contributed by atoms with E-state index in [0.717, 1.165) is 12.2 Å². The van der Waals surface area contributed by atoms with E-state index in [1.54, 1.807) is 11.0 Å². The third kappa shape index (κ3) is 4.88. The van der Waals surface area contributed by atoms with E-state index in [0.29, 0.717) is 25.8 Å². The zero-order chi connectivity index (χ0) is 11.8. The fourth-order valence-electron chi connectivity index (χ4n) is 1.30. The van der Waals surface area contributed by atoms with Crippen LogP contribution in [0.2, 0.25) is 0 Å². The Morgan fingerprint density at radius 3 is 3.00 bits per heavy atom. The van der Waals surface area contributed by atoms with Gasteiger partial charge in [-0.2, -0.15) is 5.10 Å². The van der Waals surface area contributed by atoms with Crippen molar-refractivity contribution in [3.05, 3.63) is 12.2 Å². The van der Waals surface area contributed by atoms with E-state index in [9.17, 15) is 4.79 Å². The summed E-state index contributed by atoms with van der Waals surface area (Å²) in [6.45, 7) is 0.701. The van der Waals surface area contributed by atoms with Crippen LogP contribution >= 0.6 is 0 Å². The van der Waals surface area contributed by atoms with Crippen molar-refractivity contribution in [2.45, 2.75) is 25.7 Å². The minimum Gasteiger partial charge on any atom is -0.396 e. The van der Waals surface area contributed by atoms with Gasteiger partial charge in [-0.1, -0.05) is 0 Å². The molecule has 0 aliphatic rings. The normalized spacial score (nSPS) is 10.4. The average molecular weight is 226 g/mol. The van der Waals surface area contributed by atoms with Crippen molar-refractivity contribution in [1.82, 2.24) is 20.1 Å². The summed E-state index contributed by atoms with van der Waals surface area (Å²) in [5.74, 6) is 0.752. The monoisotopic (exact) mass is 226 g/mol. The van der Waals surface area contributed by atoms with E-state index in [1.807, 2.05) is 7.05 Å².